The molecule has 1 saturated heterocycles. The first-order valence-electron chi connectivity index (χ1n) is 9.66. The summed E-state index contributed by atoms with van der Waals surface area (Å²) in [5.74, 6) is 0.818. The number of ether oxygens (including phenoxy) is 2. The fraction of sp³-hybridized carbons (Fsp3) is 0.476. The van der Waals surface area contributed by atoms with Crippen molar-refractivity contribution >= 4 is 11.7 Å². The second kappa shape index (κ2) is 8.91. The number of amides is 1. The molecule has 1 unspecified atom stereocenters. The van der Waals surface area contributed by atoms with E-state index in [1.54, 1.807) is 47.2 Å². The molecule has 1 atom stereocenters. The Hall–Kier alpha value is -2.83. The van der Waals surface area contributed by atoms with Crippen LogP contribution in [0.5, 0.6) is 11.5 Å². The van der Waals surface area contributed by atoms with Crippen molar-refractivity contribution in [2.45, 2.75) is 32.7 Å². The number of aromatic nitrogens is 2. The highest BCUT2D eigenvalue weighted by Crippen LogP contribution is 2.30. The van der Waals surface area contributed by atoms with E-state index in [1.807, 2.05) is 6.92 Å². The Morgan fingerprint density at radius 3 is 2.75 bits per heavy atom. The zero-order valence-corrected chi connectivity index (χ0v) is 16.7. The number of ketones is 1. The van der Waals surface area contributed by atoms with E-state index >= 15 is 0 Å². The molecule has 0 spiro atoms. The van der Waals surface area contributed by atoms with Crippen molar-refractivity contribution in [3.63, 3.8) is 0 Å². The molecule has 1 aromatic heterocycles. The molecule has 1 aromatic carbocycles. The van der Waals surface area contributed by atoms with Gasteiger partial charge in [0.1, 0.15) is 17.2 Å². The number of carbonyl (C=O) groups excluding carboxylic acids is 2. The van der Waals surface area contributed by atoms with Crippen LogP contribution >= 0.6 is 0 Å². The maximum atomic E-state index is 13.1. The lowest BCUT2D eigenvalue weighted by atomic mass is 9.89. The molecule has 0 bridgehead atoms. The molecule has 1 amide bonds. The van der Waals surface area contributed by atoms with Crippen molar-refractivity contribution in [2.75, 3.05) is 27.3 Å². The highest BCUT2D eigenvalue weighted by Gasteiger charge is 2.31. The molecule has 2 heterocycles. The van der Waals surface area contributed by atoms with Crippen LogP contribution in [-0.2, 0) is 6.54 Å². The third kappa shape index (κ3) is 4.03. The molecule has 0 radical (unpaired) electrons. The standard InChI is InChI=1S/C21H27N3O4/c1-4-11-24-18(9-10-22-24)21(26)23-12-5-6-15(14-23)20(25)17-8-7-16(27-2)13-19(17)28-3/h7-10,13,15H,4-6,11-12,14H2,1-3H3. The topological polar surface area (TPSA) is 73.7 Å². The van der Waals surface area contributed by atoms with Gasteiger partial charge in [-0.05, 0) is 37.5 Å². The number of hydrogen-bond acceptors (Lipinski definition) is 5. The maximum Gasteiger partial charge on any atom is 0.272 e. The van der Waals surface area contributed by atoms with Crippen LogP contribution in [0.3, 0.4) is 0 Å². The number of aryl methyl sites for hydroxylation is 1. The van der Waals surface area contributed by atoms with Gasteiger partial charge >= 0.3 is 0 Å². The van der Waals surface area contributed by atoms with Crippen molar-refractivity contribution in [1.29, 1.82) is 0 Å². The first-order chi connectivity index (χ1) is 13.6. The zero-order valence-electron chi connectivity index (χ0n) is 16.7. The van der Waals surface area contributed by atoms with Crippen LogP contribution in [0, 0.1) is 5.92 Å². The minimum Gasteiger partial charge on any atom is -0.497 e. The third-order valence-corrected chi connectivity index (χ3v) is 5.12. The number of likely N-dealkylation sites (tertiary alicyclic amines) is 1. The molecular weight excluding hydrogens is 358 g/mol. The van der Waals surface area contributed by atoms with E-state index in [2.05, 4.69) is 5.10 Å². The molecule has 1 aliphatic rings. The second-order valence-corrected chi connectivity index (χ2v) is 6.96. The minimum absolute atomic E-state index is 0.000862. The van der Waals surface area contributed by atoms with E-state index in [4.69, 9.17) is 9.47 Å². The lowest BCUT2D eigenvalue weighted by Crippen LogP contribution is -2.43. The van der Waals surface area contributed by atoms with Gasteiger partial charge in [-0.15, -0.1) is 0 Å². The van der Waals surface area contributed by atoms with Gasteiger partial charge in [0.15, 0.2) is 5.78 Å². The third-order valence-electron chi connectivity index (χ3n) is 5.12. The summed E-state index contributed by atoms with van der Waals surface area (Å²) >= 11 is 0. The summed E-state index contributed by atoms with van der Waals surface area (Å²) < 4.78 is 12.3. The predicted molar refractivity (Wildman–Crippen MR) is 105 cm³/mol. The number of piperidine rings is 1. The highest BCUT2D eigenvalue weighted by atomic mass is 16.5. The van der Waals surface area contributed by atoms with Gasteiger partial charge in [-0.3, -0.25) is 14.3 Å². The molecule has 0 N–H and O–H groups in total. The van der Waals surface area contributed by atoms with E-state index in [1.165, 1.54) is 7.11 Å². The molecule has 28 heavy (non-hydrogen) atoms. The number of methoxy groups -OCH3 is 2. The Bertz CT molecular complexity index is 846. The Labute approximate surface area is 165 Å². The molecule has 0 aliphatic carbocycles. The number of nitrogens with zero attached hydrogens (tertiary/aromatic N) is 3. The molecule has 7 heteroatoms. The van der Waals surface area contributed by atoms with Gasteiger partial charge in [0, 0.05) is 37.8 Å². The fourth-order valence-electron chi connectivity index (χ4n) is 3.66. The lowest BCUT2D eigenvalue weighted by Gasteiger charge is -2.32. The average Bonchev–Trinajstić information content (AvgIpc) is 3.20. The number of hydrogen-bond donors (Lipinski definition) is 0. The minimum atomic E-state index is -0.248. The summed E-state index contributed by atoms with van der Waals surface area (Å²) in [6, 6.07) is 6.94. The van der Waals surface area contributed by atoms with E-state index in [0.29, 0.717) is 42.4 Å². The fourth-order valence-corrected chi connectivity index (χ4v) is 3.66. The molecule has 0 saturated carbocycles. The molecule has 1 fully saturated rings. The van der Waals surface area contributed by atoms with Crippen molar-refractivity contribution in [3.05, 3.63) is 41.7 Å². The summed E-state index contributed by atoms with van der Waals surface area (Å²) in [4.78, 5) is 27.9. The smallest absolute Gasteiger partial charge is 0.272 e. The van der Waals surface area contributed by atoms with Crippen LogP contribution in [0.25, 0.3) is 0 Å². The lowest BCUT2D eigenvalue weighted by molar-refractivity contribution is 0.0626. The Morgan fingerprint density at radius 2 is 2.04 bits per heavy atom. The van der Waals surface area contributed by atoms with Gasteiger partial charge in [0.25, 0.3) is 5.91 Å². The van der Waals surface area contributed by atoms with E-state index in [0.717, 1.165) is 19.3 Å². The van der Waals surface area contributed by atoms with Crippen LogP contribution in [0.2, 0.25) is 0 Å². The average molecular weight is 385 g/mol. The monoisotopic (exact) mass is 385 g/mol. The summed E-state index contributed by atoms with van der Waals surface area (Å²) in [6.07, 6.45) is 4.10. The molecular formula is C21H27N3O4. The van der Waals surface area contributed by atoms with Gasteiger partial charge in [-0.2, -0.15) is 5.10 Å². The molecule has 2 aromatic rings. The second-order valence-electron chi connectivity index (χ2n) is 6.96. The van der Waals surface area contributed by atoms with Gasteiger partial charge in [0.2, 0.25) is 0 Å². The van der Waals surface area contributed by atoms with Crippen LogP contribution in [0.4, 0.5) is 0 Å². The van der Waals surface area contributed by atoms with Crippen LogP contribution in [0.15, 0.2) is 30.5 Å². The van der Waals surface area contributed by atoms with Crippen LogP contribution < -0.4 is 9.47 Å². The van der Waals surface area contributed by atoms with Gasteiger partial charge < -0.3 is 14.4 Å². The first kappa shape index (κ1) is 19.9. The Balaban J connectivity index is 1.77. The maximum absolute atomic E-state index is 13.1. The van der Waals surface area contributed by atoms with Crippen molar-refractivity contribution in [2.24, 2.45) is 5.92 Å². The summed E-state index contributed by atoms with van der Waals surface area (Å²) in [5, 5.41) is 4.24. The SMILES string of the molecule is CCCn1nccc1C(=O)N1CCCC(C(=O)c2ccc(OC)cc2OC)C1. The number of carbonyl (C=O) groups is 2. The normalized spacial score (nSPS) is 16.7. The molecule has 1 aliphatic heterocycles. The number of Topliss-reactive ketones (excluding diaryl/α,β-unsaturated/α-hetero) is 1. The van der Waals surface area contributed by atoms with Crippen molar-refractivity contribution in [3.8, 4) is 11.5 Å². The number of benzene rings is 1. The van der Waals surface area contributed by atoms with Gasteiger partial charge in [-0.25, -0.2) is 0 Å². The van der Waals surface area contributed by atoms with Gasteiger partial charge in [0.05, 0.1) is 19.8 Å². The molecule has 3 rings (SSSR count). The van der Waals surface area contributed by atoms with Crippen LogP contribution in [0.1, 0.15) is 47.0 Å². The largest absolute Gasteiger partial charge is 0.497 e. The quantitative estimate of drug-likeness (QED) is 0.685. The van der Waals surface area contributed by atoms with E-state index in [-0.39, 0.29) is 17.6 Å². The van der Waals surface area contributed by atoms with Crippen molar-refractivity contribution in [1.82, 2.24) is 14.7 Å². The van der Waals surface area contributed by atoms with Crippen molar-refractivity contribution < 1.29 is 19.1 Å². The zero-order chi connectivity index (χ0) is 20.1. The Kier molecular flexibility index (Phi) is 6.34. The summed E-state index contributed by atoms with van der Waals surface area (Å²) in [5.41, 5.74) is 1.11. The first-order valence-corrected chi connectivity index (χ1v) is 9.66. The predicted octanol–water partition coefficient (Wildman–Crippen LogP) is 3.05. The molecule has 7 nitrogen and oxygen atoms in total. The van der Waals surface area contributed by atoms with Gasteiger partial charge in [-0.1, -0.05) is 6.92 Å². The molecule has 150 valence electrons. The Morgan fingerprint density at radius 1 is 1.21 bits per heavy atom. The van der Waals surface area contributed by atoms with E-state index in [9.17, 15) is 9.59 Å². The highest BCUT2D eigenvalue weighted by molar-refractivity contribution is 6.01. The van der Waals surface area contributed by atoms with E-state index < -0.39 is 0 Å². The van der Waals surface area contributed by atoms with Crippen LogP contribution in [-0.4, -0.2) is 53.7 Å². The summed E-state index contributed by atoms with van der Waals surface area (Å²) in [6.45, 7) is 3.81. The number of rotatable bonds is 7. The summed E-state index contributed by atoms with van der Waals surface area (Å²) in [7, 11) is 3.11.